The van der Waals surface area contributed by atoms with Crippen molar-refractivity contribution in [2.24, 2.45) is 0 Å². The molecule has 0 fully saturated rings. The van der Waals surface area contributed by atoms with Gasteiger partial charge in [0.1, 0.15) is 18.0 Å². The minimum atomic E-state index is -0.835. The van der Waals surface area contributed by atoms with Gasteiger partial charge in [-0.1, -0.05) is 30.3 Å². The van der Waals surface area contributed by atoms with E-state index < -0.39 is 35.9 Å². The number of esters is 1. The first-order chi connectivity index (χ1) is 15.4. The molecule has 0 unspecified atom stereocenters. The summed E-state index contributed by atoms with van der Waals surface area (Å²) < 4.78 is 9.74. The molecule has 164 valence electrons. The summed E-state index contributed by atoms with van der Waals surface area (Å²) in [6, 6.07) is 16.6. The first-order valence-electron chi connectivity index (χ1n) is 9.42. The van der Waals surface area contributed by atoms with Crippen LogP contribution in [0, 0.1) is 10.1 Å². The van der Waals surface area contributed by atoms with Crippen molar-refractivity contribution in [2.75, 3.05) is 25.6 Å². The quantitative estimate of drug-likeness (QED) is 0.314. The number of nitrogens with zero attached hydrogens (tertiary/aromatic N) is 1. The number of anilines is 1. The smallest absolute Gasteiger partial charge is 0.325 e. The number of amides is 2. The van der Waals surface area contributed by atoms with E-state index in [2.05, 4.69) is 10.6 Å². The van der Waals surface area contributed by atoms with Gasteiger partial charge in [-0.2, -0.15) is 0 Å². The minimum Gasteiger partial charge on any atom is -0.496 e. The highest BCUT2D eigenvalue weighted by atomic mass is 16.6. The molecule has 32 heavy (non-hydrogen) atoms. The summed E-state index contributed by atoms with van der Waals surface area (Å²) in [5.74, 6) is -1.82. The molecule has 0 aliphatic heterocycles. The number of ether oxygens (including phenoxy) is 2. The number of fused-ring (bicyclic) bond motifs is 1. The van der Waals surface area contributed by atoms with Crippen LogP contribution in [0.1, 0.15) is 10.4 Å². The van der Waals surface area contributed by atoms with Crippen LogP contribution in [-0.4, -0.2) is 43.0 Å². The molecule has 0 saturated carbocycles. The van der Waals surface area contributed by atoms with Crippen molar-refractivity contribution in [2.45, 2.75) is 0 Å². The van der Waals surface area contributed by atoms with E-state index in [1.165, 1.54) is 19.2 Å². The summed E-state index contributed by atoms with van der Waals surface area (Å²) in [4.78, 5) is 46.6. The lowest BCUT2D eigenvalue weighted by atomic mass is 10.1. The first kappa shape index (κ1) is 22.2. The molecule has 3 rings (SSSR count). The summed E-state index contributed by atoms with van der Waals surface area (Å²) in [5.41, 5.74) is -0.0609. The van der Waals surface area contributed by atoms with Crippen molar-refractivity contribution in [3.05, 3.63) is 76.3 Å². The molecule has 0 spiro atoms. The maximum Gasteiger partial charge on any atom is 0.325 e. The van der Waals surface area contributed by atoms with Crippen molar-refractivity contribution in [1.29, 1.82) is 0 Å². The SMILES string of the molecule is COc1ccc(NC(=O)COC(=O)CNC(=O)c2ccc3ccccc3c2)c([N+](=O)[O-])c1. The minimum absolute atomic E-state index is 0.0681. The van der Waals surface area contributed by atoms with Crippen molar-refractivity contribution < 1.29 is 28.8 Å². The van der Waals surface area contributed by atoms with E-state index in [9.17, 15) is 24.5 Å². The lowest BCUT2D eigenvalue weighted by Gasteiger charge is -2.09. The van der Waals surface area contributed by atoms with Crippen LogP contribution in [0.15, 0.2) is 60.7 Å². The van der Waals surface area contributed by atoms with Gasteiger partial charge in [0.2, 0.25) is 0 Å². The summed E-state index contributed by atoms with van der Waals surface area (Å²) >= 11 is 0. The zero-order valence-corrected chi connectivity index (χ0v) is 17.0. The van der Waals surface area contributed by atoms with Gasteiger partial charge in [0.15, 0.2) is 6.61 Å². The van der Waals surface area contributed by atoms with Gasteiger partial charge in [0, 0.05) is 5.56 Å². The number of nitro groups is 1. The number of methoxy groups -OCH3 is 1. The number of nitrogens with one attached hydrogen (secondary N) is 2. The monoisotopic (exact) mass is 437 g/mol. The first-order valence-corrected chi connectivity index (χ1v) is 9.42. The van der Waals surface area contributed by atoms with Crippen LogP contribution in [0.2, 0.25) is 0 Å². The molecule has 0 atom stereocenters. The number of benzene rings is 3. The summed E-state index contributed by atoms with van der Waals surface area (Å²) in [6.45, 7) is -1.12. The zero-order chi connectivity index (χ0) is 23.1. The summed E-state index contributed by atoms with van der Waals surface area (Å²) in [7, 11) is 1.36. The lowest BCUT2D eigenvalue weighted by molar-refractivity contribution is -0.384. The molecule has 0 aromatic heterocycles. The molecule has 3 aromatic carbocycles. The van der Waals surface area contributed by atoms with E-state index in [-0.39, 0.29) is 17.1 Å². The second kappa shape index (κ2) is 10.0. The Bertz CT molecular complexity index is 1190. The predicted octanol–water partition coefficient (Wildman–Crippen LogP) is 2.67. The Hall–Kier alpha value is -4.47. The van der Waals surface area contributed by atoms with Gasteiger partial charge >= 0.3 is 5.97 Å². The molecule has 0 saturated heterocycles. The molecule has 3 aromatic rings. The second-order valence-electron chi connectivity index (χ2n) is 6.59. The van der Waals surface area contributed by atoms with Crippen LogP contribution in [0.25, 0.3) is 10.8 Å². The highest BCUT2D eigenvalue weighted by Gasteiger charge is 2.18. The van der Waals surface area contributed by atoms with Crippen LogP contribution in [-0.2, 0) is 14.3 Å². The normalized spacial score (nSPS) is 10.3. The van der Waals surface area contributed by atoms with Crippen LogP contribution in [0.4, 0.5) is 11.4 Å². The molecular formula is C22H19N3O7. The van der Waals surface area contributed by atoms with Crippen molar-refractivity contribution >= 4 is 39.9 Å². The van der Waals surface area contributed by atoms with Gasteiger partial charge in [-0.25, -0.2) is 0 Å². The Labute approximate surface area is 182 Å². The Kier molecular flexibility index (Phi) is 6.96. The van der Waals surface area contributed by atoms with Gasteiger partial charge in [0.25, 0.3) is 17.5 Å². The molecule has 2 N–H and O–H groups in total. The van der Waals surface area contributed by atoms with E-state index in [1.807, 2.05) is 24.3 Å². The topological polar surface area (TPSA) is 137 Å². The molecule has 10 nitrogen and oxygen atoms in total. The van der Waals surface area contributed by atoms with Gasteiger partial charge in [-0.15, -0.1) is 0 Å². The lowest BCUT2D eigenvalue weighted by Crippen LogP contribution is -2.32. The second-order valence-corrected chi connectivity index (χ2v) is 6.59. The van der Waals surface area contributed by atoms with Crippen molar-refractivity contribution in [3.8, 4) is 5.75 Å². The van der Waals surface area contributed by atoms with Gasteiger partial charge in [-0.05, 0) is 35.0 Å². The number of rotatable bonds is 8. The van der Waals surface area contributed by atoms with Gasteiger partial charge in [0.05, 0.1) is 18.1 Å². The fourth-order valence-electron chi connectivity index (χ4n) is 2.86. The summed E-state index contributed by atoms with van der Waals surface area (Å²) in [6.07, 6.45) is 0. The third-order valence-electron chi connectivity index (χ3n) is 4.44. The third kappa shape index (κ3) is 5.57. The maximum atomic E-state index is 12.3. The van der Waals surface area contributed by atoms with E-state index in [0.717, 1.165) is 16.8 Å². The molecule has 10 heteroatoms. The molecule has 0 radical (unpaired) electrons. The Morgan fingerprint density at radius 2 is 1.75 bits per heavy atom. The highest BCUT2D eigenvalue weighted by molar-refractivity contribution is 6.00. The number of hydrogen-bond donors (Lipinski definition) is 2. The Morgan fingerprint density at radius 1 is 1.00 bits per heavy atom. The van der Waals surface area contributed by atoms with Gasteiger partial charge < -0.3 is 20.1 Å². The third-order valence-corrected chi connectivity index (χ3v) is 4.44. The van der Waals surface area contributed by atoms with E-state index in [0.29, 0.717) is 5.56 Å². The van der Waals surface area contributed by atoms with Crippen LogP contribution >= 0.6 is 0 Å². The molecule has 2 amide bonds. The van der Waals surface area contributed by atoms with Crippen LogP contribution < -0.4 is 15.4 Å². The average molecular weight is 437 g/mol. The highest BCUT2D eigenvalue weighted by Crippen LogP contribution is 2.28. The van der Waals surface area contributed by atoms with Crippen molar-refractivity contribution in [1.82, 2.24) is 5.32 Å². The standard InChI is InChI=1S/C22H19N3O7/c1-31-17-8-9-18(19(11-17)25(29)30)24-20(26)13-32-21(27)12-23-22(28)16-7-6-14-4-2-3-5-15(14)10-16/h2-11H,12-13H2,1H3,(H,23,28)(H,24,26). The van der Waals surface area contributed by atoms with E-state index in [4.69, 9.17) is 9.47 Å². The number of hydrogen-bond acceptors (Lipinski definition) is 7. The molecular weight excluding hydrogens is 418 g/mol. The largest absolute Gasteiger partial charge is 0.496 e. The zero-order valence-electron chi connectivity index (χ0n) is 17.0. The molecule has 0 aliphatic rings. The van der Waals surface area contributed by atoms with E-state index >= 15 is 0 Å². The maximum absolute atomic E-state index is 12.3. The Morgan fingerprint density at radius 3 is 2.47 bits per heavy atom. The number of carbonyl (C=O) groups is 3. The van der Waals surface area contributed by atoms with Crippen molar-refractivity contribution in [3.63, 3.8) is 0 Å². The van der Waals surface area contributed by atoms with E-state index in [1.54, 1.807) is 18.2 Å². The van der Waals surface area contributed by atoms with Gasteiger partial charge in [-0.3, -0.25) is 24.5 Å². The number of carbonyl (C=O) groups excluding carboxylic acids is 3. The molecule has 0 bridgehead atoms. The fraction of sp³-hybridized carbons (Fsp3) is 0.136. The molecule has 0 heterocycles. The average Bonchev–Trinajstić information content (AvgIpc) is 2.80. The molecule has 0 aliphatic carbocycles. The Balaban J connectivity index is 1.49. The number of nitro benzene ring substituents is 1. The predicted molar refractivity (Wildman–Crippen MR) is 116 cm³/mol. The van der Waals surface area contributed by atoms with Crippen LogP contribution in [0.3, 0.4) is 0 Å². The summed E-state index contributed by atoms with van der Waals surface area (Å²) in [5, 5.41) is 17.7. The fourth-order valence-corrected chi connectivity index (χ4v) is 2.86. The van der Waals surface area contributed by atoms with Crippen LogP contribution in [0.5, 0.6) is 5.75 Å².